The van der Waals surface area contributed by atoms with Crippen molar-refractivity contribution in [1.82, 2.24) is 5.43 Å². The first-order valence-corrected chi connectivity index (χ1v) is 7.19. The molecule has 0 aromatic heterocycles. The van der Waals surface area contributed by atoms with E-state index in [1.807, 2.05) is 6.07 Å². The third-order valence-electron chi connectivity index (χ3n) is 3.16. The van der Waals surface area contributed by atoms with Crippen molar-refractivity contribution in [3.63, 3.8) is 0 Å². The summed E-state index contributed by atoms with van der Waals surface area (Å²) in [7, 11) is 0. The first-order chi connectivity index (χ1) is 10.6. The van der Waals surface area contributed by atoms with Gasteiger partial charge in [0.1, 0.15) is 5.57 Å². The predicted molar refractivity (Wildman–Crippen MR) is 86.5 cm³/mol. The van der Waals surface area contributed by atoms with Gasteiger partial charge in [-0.1, -0.05) is 47.5 Å². The Hall–Kier alpha value is -2.30. The first-order valence-electron chi connectivity index (χ1n) is 6.43. The Bertz CT molecular complexity index is 788. The Morgan fingerprint density at radius 1 is 0.955 bits per heavy atom. The maximum Gasteiger partial charge on any atom is 0.282 e. The highest BCUT2D eigenvalue weighted by atomic mass is 35.5. The SMILES string of the molecule is O=C1NN(c2ccccc2)C(=O)/C1=C\c1ccc(Cl)c(Cl)c1. The lowest BCUT2D eigenvalue weighted by atomic mass is 10.1. The van der Waals surface area contributed by atoms with Crippen molar-refractivity contribution >= 4 is 46.8 Å². The summed E-state index contributed by atoms with van der Waals surface area (Å²) in [6.07, 6.45) is 1.49. The number of benzene rings is 2. The van der Waals surface area contributed by atoms with Gasteiger partial charge in [0.25, 0.3) is 11.8 Å². The molecule has 0 saturated carbocycles. The molecule has 0 aliphatic carbocycles. The molecule has 3 rings (SSSR count). The van der Waals surface area contributed by atoms with E-state index in [-0.39, 0.29) is 5.57 Å². The van der Waals surface area contributed by atoms with Gasteiger partial charge in [0, 0.05) is 0 Å². The molecular formula is C16H10Cl2N2O2. The second-order valence-corrected chi connectivity index (χ2v) is 5.46. The molecule has 1 aliphatic heterocycles. The lowest BCUT2D eigenvalue weighted by Crippen LogP contribution is -2.35. The van der Waals surface area contributed by atoms with E-state index in [4.69, 9.17) is 23.2 Å². The normalized spacial score (nSPS) is 16.3. The van der Waals surface area contributed by atoms with Crippen molar-refractivity contribution in [3.05, 3.63) is 69.7 Å². The van der Waals surface area contributed by atoms with Crippen LogP contribution in [0.5, 0.6) is 0 Å². The van der Waals surface area contributed by atoms with E-state index in [1.54, 1.807) is 42.5 Å². The van der Waals surface area contributed by atoms with Gasteiger partial charge < -0.3 is 0 Å². The molecule has 0 atom stereocenters. The van der Waals surface area contributed by atoms with Crippen molar-refractivity contribution in [2.24, 2.45) is 0 Å². The predicted octanol–water partition coefficient (Wildman–Crippen LogP) is 3.45. The van der Waals surface area contributed by atoms with Gasteiger partial charge in [-0.15, -0.1) is 0 Å². The number of rotatable bonds is 2. The van der Waals surface area contributed by atoms with Crippen LogP contribution in [0.15, 0.2) is 54.1 Å². The molecule has 1 fully saturated rings. The Labute approximate surface area is 136 Å². The monoisotopic (exact) mass is 332 g/mol. The van der Waals surface area contributed by atoms with Crippen LogP contribution in [0, 0.1) is 0 Å². The van der Waals surface area contributed by atoms with Gasteiger partial charge in [-0.05, 0) is 35.9 Å². The van der Waals surface area contributed by atoms with Crippen molar-refractivity contribution in [2.75, 3.05) is 5.01 Å². The van der Waals surface area contributed by atoms with E-state index in [0.29, 0.717) is 21.3 Å². The summed E-state index contributed by atoms with van der Waals surface area (Å²) in [5, 5.41) is 1.99. The van der Waals surface area contributed by atoms with E-state index < -0.39 is 11.8 Å². The molecule has 2 amide bonds. The van der Waals surface area contributed by atoms with Crippen LogP contribution in [0.4, 0.5) is 5.69 Å². The molecule has 6 heteroatoms. The molecule has 110 valence electrons. The van der Waals surface area contributed by atoms with E-state index in [1.165, 1.54) is 11.1 Å². The van der Waals surface area contributed by atoms with E-state index in [0.717, 1.165) is 0 Å². The maximum absolute atomic E-state index is 12.4. The number of hydrazine groups is 1. The number of nitrogens with zero attached hydrogens (tertiary/aromatic N) is 1. The van der Waals surface area contributed by atoms with Crippen molar-refractivity contribution < 1.29 is 9.59 Å². The zero-order valence-corrected chi connectivity index (χ0v) is 12.7. The number of carbonyl (C=O) groups excluding carboxylic acids is 2. The zero-order chi connectivity index (χ0) is 15.7. The number of halogens is 2. The number of hydrogen-bond donors (Lipinski definition) is 1. The largest absolute Gasteiger partial charge is 0.282 e. The quantitative estimate of drug-likeness (QED) is 0.676. The summed E-state index contributed by atoms with van der Waals surface area (Å²) in [4.78, 5) is 24.4. The fourth-order valence-corrected chi connectivity index (χ4v) is 2.39. The fraction of sp³-hybridized carbons (Fsp3) is 0. The molecular weight excluding hydrogens is 323 g/mol. The molecule has 2 aromatic rings. The second-order valence-electron chi connectivity index (χ2n) is 4.65. The average Bonchev–Trinajstić information content (AvgIpc) is 2.80. The minimum Gasteiger partial charge on any atom is -0.267 e. The lowest BCUT2D eigenvalue weighted by molar-refractivity contribution is -0.117. The summed E-state index contributed by atoms with van der Waals surface area (Å²) in [6.45, 7) is 0. The van der Waals surface area contributed by atoms with Crippen LogP contribution in [0.25, 0.3) is 6.08 Å². The molecule has 0 radical (unpaired) electrons. The topological polar surface area (TPSA) is 49.4 Å². The van der Waals surface area contributed by atoms with Crippen LogP contribution in [0.1, 0.15) is 5.56 Å². The van der Waals surface area contributed by atoms with Crippen LogP contribution >= 0.6 is 23.2 Å². The Balaban J connectivity index is 1.94. The smallest absolute Gasteiger partial charge is 0.267 e. The number of hydrogen-bond acceptors (Lipinski definition) is 2. The van der Waals surface area contributed by atoms with Gasteiger partial charge in [0.2, 0.25) is 0 Å². The van der Waals surface area contributed by atoms with E-state index in [2.05, 4.69) is 5.43 Å². The Morgan fingerprint density at radius 3 is 2.36 bits per heavy atom. The van der Waals surface area contributed by atoms with Crippen molar-refractivity contribution in [3.8, 4) is 0 Å². The highest BCUT2D eigenvalue weighted by Crippen LogP contribution is 2.25. The van der Waals surface area contributed by atoms with Crippen LogP contribution in [0.3, 0.4) is 0 Å². The number of anilines is 1. The molecule has 22 heavy (non-hydrogen) atoms. The Kier molecular flexibility index (Phi) is 3.88. The molecule has 4 nitrogen and oxygen atoms in total. The molecule has 1 saturated heterocycles. The van der Waals surface area contributed by atoms with Crippen LogP contribution in [0.2, 0.25) is 10.0 Å². The molecule has 0 unspecified atom stereocenters. The number of carbonyl (C=O) groups is 2. The van der Waals surface area contributed by atoms with Crippen LogP contribution < -0.4 is 10.4 Å². The standard InChI is InChI=1S/C16H10Cl2N2O2/c17-13-7-6-10(9-14(13)18)8-12-15(21)19-20(16(12)22)11-4-2-1-3-5-11/h1-9H,(H,19,21)/b12-8-. The van der Waals surface area contributed by atoms with E-state index >= 15 is 0 Å². The fourth-order valence-electron chi connectivity index (χ4n) is 2.09. The minimum atomic E-state index is -0.458. The van der Waals surface area contributed by atoms with Crippen molar-refractivity contribution in [1.29, 1.82) is 0 Å². The van der Waals surface area contributed by atoms with Crippen molar-refractivity contribution in [2.45, 2.75) is 0 Å². The molecule has 2 aromatic carbocycles. The molecule has 1 aliphatic rings. The van der Waals surface area contributed by atoms with Gasteiger partial charge in [0.15, 0.2) is 0 Å². The average molecular weight is 333 g/mol. The summed E-state index contributed by atoms with van der Waals surface area (Å²) in [5.41, 5.74) is 3.80. The van der Waals surface area contributed by atoms with E-state index in [9.17, 15) is 9.59 Å². The minimum absolute atomic E-state index is 0.0437. The summed E-state index contributed by atoms with van der Waals surface area (Å²) in [6, 6.07) is 13.8. The summed E-state index contributed by atoms with van der Waals surface area (Å²) in [5.74, 6) is -0.873. The van der Waals surface area contributed by atoms with Gasteiger partial charge in [-0.3, -0.25) is 15.0 Å². The Morgan fingerprint density at radius 2 is 1.68 bits per heavy atom. The number of para-hydroxylation sites is 1. The first kappa shape index (κ1) is 14.6. The van der Waals surface area contributed by atoms with Gasteiger partial charge in [-0.25, -0.2) is 5.01 Å². The highest BCUT2D eigenvalue weighted by Gasteiger charge is 2.34. The van der Waals surface area contributed by atoms with Gasteiger partial charge >= 0.3 is 0 Å². The number of nitrogens with one attached hydrogen (secondary N) is 1. The molecule has 0 spiro atoms. The maximum atomic E-state index is 12.4. The summed E-state index contributed by atoms with van der Waals surface area (Å²) < 4.78 is 0. The zero-order valence-electron chi connectivity index (χ0n) is 11.2. The van der Waals surface area contributed by atoms with Gasteiger partial charge in [0.05, 0.1) is 15.7 Å². The molecule has 1 N–H and O–H groups in total. The number of amides is 2. The lowest BCUT2D eigenvalue weighted by Gasteiger charge is -2.13. The third kappa shape index (κ3) is 2.71. The molecule has 1 heterocycles. The highest BCUT2D eigenvalue weighted by molar-refractivity contribution is 6.42. The van der Waals surface area contributed by atoms with Gasteiger partial charge in [-0.2, -0.15) is 0 Å². The second kappa shape index (κ2) is 5.83. The van der Waals surface area contributed by atoms with Crippen LogP contribution in [-0.4, -0.2) is 11.8 Å². The third-order valence-corrected chi connectivity index (χ3v) is 3.90. The van der Waals surface area contributed by atoms with Crippen LogP contribution in [-0.2, 0) is 9.59 Å². The molecule has 0 bridgehead atoms. The summed E-state index contributed by atoms with van der Waals surface area (Å²) >= 11 is 11.8.